The molecule has 124 valence electrons. The second kappa shape index (κ2) is 14.0. The Hall–Kier alpha value is -0.990. The van der Waals surface area contributed by atoms with Gasteiger partial charge >= 0.3 is 5.97 Å². The molecule has 3 nitrogen and oxygen atoms in total. The standard InChI is InChI=1S/C18H34O3/c1-3-4-5-6-7-8-9-10-11-12-13-14-15-17(19)16(2)18(20)21/h19H,3-15H2,1-2H3,(H,20,21). The highest BCUT2D eigenvalue weighted by Crippen LogP contribution is 2.14. The van der Waals surface area contributed by atoms with Crippen LogP contribution in [0, 0.1) is 0 Å². The molecule has 21 heavy (non-hydrogen) atoms. The molecule has 0 amide bonds. The number of allylic oxidation sites excluding steroid dienone is 1. The summed E-state index contributed by atoms with van der Waals surface area (Å²) in [6.07, 6.45) is 15.8. The van der Waals surface area contributed by atoms with Crippen molar-refractivity contribution in [1.82, 2.24) is 0 Å². The number of aliphatic carboxylic acids is 1. The number of carboxylic acids is 1. The molecule has 0 atom stereocenters. The van der Waals surface area contributed by atoms with Crippen LogP contribution < -0.4 is 0 Å². The molecule has 0 rings (SSSR count). The first-order valence-corrected chi connectivity index (χ1v) is 8.71. The number of aliphatic hydroxyl groups excluding tert-OH is 1. The van der Waals surface area contributed by atoms with Crippen molar-refractivity contribution in [3.8, 4) is 0 Å². The fraction of sp³-hybridized carbons (Fsp3) is 0.833. The van der Waals surface area contributed by atoms with Gasteiger partial charge in [-0.15, -0.1) is 0 Å². The number of hydrogen-bond acceptors (Lipinski definition) is 2. The zero-order valence-electron chi connectivity index (χ0n) is 14.0. The smallest absolute Gasteiger partial charge is 0.334 e. The summed E-state index contributed by atoms with van der Waals surface area (Å²) >= 11 is 0. The van der Waals surface area contributed by atoms with E-state index in [9.17, 15) is 9.90 Å². The third-order valence-corrected chi connectivity index (χ3v) is 4.02. The maximum Gasteiger partial charge on any atom is 0.334 e. The van der Waals surface area contributed by atoms with Crippen molar-refractivity contribution < 1.29 is 15.0 Å². The Kier molecular flexibility index (Phi) is 13.3. The molecule has 0 aliphatic rings. The number of carboxylic acid groups (broad SMARTS) is 1. The van der Waals surface area contributed by atoms with Crippen LogP contribution in [0.5, 0.6) is 0 Å². The second-order valence-electron chi connectivity index (χ2n) is 6.02. The van der Waals surface area contributed by atoms with E-state index < -0.39 is 5.97 Å². The highest BCUT2D eigenvalue weighted by molar-refractivity contribution is 5.86. The summed E-state index contributed by atoms with van der Waals surface area (Å²) in [6.45, 7) is 3.71. The number of aliphatic hydroxyl groups is 1. The lowest BCUT2D eigenvalue weighted by Gasteiger charge is -2.04. The minimum Gasteiger partial charge on any atom is -0.512 e. The molecule has 0 saturated carbocycles. The summed E-state index contributed by atoms with van der Waals surface area (Å²) in [5.74, 6) is -0.985. The van der Waals surface area contributed by atoms with Crippen molar-refractivity contribution >= 4 is 5.97 Å². The Labute approximate surface area is 130 Å². The van der Waals surface area contributed by atoms with Crippen LogP contribution in [0.4, 0.5) is 0 Å². The Morgan fingerprint density at radius 1 is 0.714 bits per heavy atom. The van der Waals surface area contributed by atoms with E-state index >= 15 is 0 Å². The first-order chi connectivity index (χ1) is 10.1. The summed E-state index contributed by atoms with van der Waals surface area (Å²) < 4.78 is 0. The van der Waals surface area contributed by atoms with Gasteiger partial charge in [0.15, 0.2) is 0 Å². The molecule has 2 N–H and O–H groups in total. The molecule has 0 bridgehead atoms. The van der Waals surface area contributed by atoms with Crippen molar-refractivity contribution in [2.24, 2.45) is 0 Å². The van der Waals surface area contributed by atoms with Crippen molar-refractivity contribution in [3.05, 3.63) is 11.3 Å². The summed E-state index contributed by atoms with van der Waals surface area (Å²) in [4.78, 5) is 10.6. The van der Waals surface area contributed by atoms with E-state index in [2.05, 4.69) is 6.92 Å². The van der Waals surface area contributed by atoms with Crippen LogP contribution in [-0.4, -0.2) is 16.2 Å². The highest BCUT2D eigenvalue weighted by atomic mass is 16.4. The van der Waals surface area contributed by atoms with Gasteiger partial charge < -0.3 is 10.2 Å². The third kappa shape index (κ3) is 12.5. The SMILES string of the molecule is CCCCCCCCCCCCCCC(O)=C(C)C(=O)O. The van der Waals surface area contributed by atoms with Gasteiger partial charge in [-0.1, -0.05) is 77.6 Å². The van der Waals surface area contributed by atoms with Gasteiger partial charge in [-0.2, -0.15) is 0 Å². The fourth-order valence-corrected chi connectivity index (χ4v) is 2.44. The van der Waals surface area contributed by atoms with Gasteiger partial charge in [0.05, 0.1) is 5.57 Å². The Morgan fingerprint density at radius 2 is 1.10 bits per heavy atom. The van der Waals surface area contributed by atoms with Gasteiger partial charge in [0.25, 0.3) is 0 Å². The zero-order chi connectivity index (χ0) is 15.9. The Morgan fingerprint density at radius 3 is 1.48 bits per heavy atom. The van der Waals surface area contributed by atoms with E-state index in [1.807, 2.05) is 0 Å². The second-order valence-corrected chi connectivity index (χ2v) is 6.02. The lowest BCUT2D eigenvalue weighted by atomic mass is 10.0. The molecule has 0 unspecified atom stereocenters. The van der Waals surface area contributed by atoms with Crippen LogP contribution in [0.2, 0.25) is 0 Å². The van der Waals surface area contributed by atoms with Crippen molar-refractivity contribution in [2.75, 3.05) is 0 Å². The molecule has 0 fully saturated rings. The Bertz CT molecular complexity index is 295. The molecular weight excluding hydrogens is 264 g/mol. The van der Waals surface area contributed by atoms with Crippen molar-refractivity contribution in [3.63, 3.8) is 0 Å². The molecule has 0 radical (unpaired) electrons. The number of rotatable bonds is 14. The predicted molar refractivity (Wildman–Crippen MR) is 88.7 cm³/mol. The first kappa shape index (κ1) is 20.0. The van der Waals surface area contributed by atoms with E-state index in [0.717, 1.165) is 12.8 Å². The monoisotopic (exact) mass is 298 g/mol. The van der Waals surface area contributed by atoms with Crippen LogP contribution in [0.3, 0.4) is 0 Å². The summed E-state index contributed by atoms with van der Waals surface area (Å²) in [5.41, 5.74) is 0.0815. The highest BCUT2D eigenvalue weighted by Gasteiger charge is 2.07. The molecule has 3 heteroatoms. The van der Waals surface area contributed by atoms with Gasteiger partial charge in [-0.25, -0.2) is 4.79 Å². The topological polar surface area (TPSA) is 57.5 Å². The Balaban J connectivity index is 3.30. The summed E-state index contributed by atoms with van der Waals surface area (Å²) in [5, 5.41) is 18.3. The number of carbonyl (C=O) groups is 1. The maximum absolute atomic E-state index is 10.6. The number of hydrogen-bond donors (Lipinski definition) is 2. The lowest BCUT2D eigenvalue weighted by molar-refractivity contribution is -0.132. The normalized spacial score (nSPS) is 12.3. The van der Waals surface area contributed by atoms with Crippen LogP contribution in [0.25, 0.3) is 0 Å². The average molecular weight is 298 g/mol. The van der Waals surface area contributed by atoms with E-state index in [1.54, 1.807) is 0 Å². The van der Waals surface area contributed by atoms with Crippen LogP contribution in [0.1, 0.15) is 97.3 Å². The molecule has 0 aliphatic heterocycles. The van der Waals surface area contributed by atoms with Crippen LogP contribution in [0.15, 0.2) is 11.3 Å². The van der Waals surface area contributed by atoms with Crippen molar-refractivity contribution in [2.45, 2.75) is 97.3 Å². The minimum atomic E-state index is -1.02. The minimum absolute atomic E-state index is 0.0366. The molecule has 0 aromatic heterocycles. The fourth-order valence-electron chi connectivity index (χ4n) is 2.44. The molecule has 0 saturated heterocycles. The molecule has 0 aliphatic carbocycles. The van der Waals surface area contributed by atoms with Crippen molar-refractivity contribution in [1.29, 1.82) is 0 Å². The molecule has 0 aromatic rings. The maximum atomic E-state index is 10.6. The largest absolute Gasteiger partial charge is 0.512 e. The van der Waals surface area contributed by atoms with Gasteiger partial charge in [0.1, 0.15) is 5.76 Å². The van der Waals surface area contributed by atoms with Crippen LogP contribution in [-0.2, 0) is 4.79 Å². The first-order valence-electron chi connectivity index (χ1n) is 8.71. The molecule has 0 spiro atoms. The van der Waals surface area contributed by atoms with Gasteiger partial charge in [-0.3, -0.25) is 0 Å². The third-order valence-electron chi connectivity index (χ3n) is 4.02. The molecule has 0 aromatic carbocycles. The van der Waals surface area contributed by atoms with E-state index in [4.69, 9.17) is 5.11 Å². The predicted octanol–water partition coefficient (Wildman–Crippen LogP) is 5.99. The lowest BCUT2D eigenvalue weighted by Crippen LogP contribution is -2.01. The van der Waals surface area contributed by atoms with E-state index in [-0.39, 0.29) is 11.3 Å². The molecular formula is C18H34O3. The van der Waals surface area contributed by atoms with E-state index in [0.29, 0.717) is 6.42 Å². The molecule has 0 heterocycles. The van der Waals surface area contributed by atoms with Crippen LogP contribution >= 0.6 is 0 Å². The zero-order valence-corrected chi connectivity index (χ0v) is 14.0. The number of unbranched alkanes of at least 4 members (excludes halogenated alkanes) is 11. The van der Waals surface area contributed by atoms with Gasteiger partial charge in [0.2, 0.25) is 0 Å². The summed E-state index contributed by atoms with van der Waals surface area (Å²) in [6, 6.07) is 0. The average Bonchev–Trinajstić information content (AvgIpc) is 2.47. The summed E-state index contributed by atoms with van der Waals surface area (Å²) in [7, 11) is 0. The quantitative estimate of drug-likeness (QED) is 0.235. The van der Waals surface area contributed by atoms with E-state index in [1.165, 1.54) is 71.1 Å². The van der Waals surface area contributed by atoms with Gasteiger partial charge in [0, 0.05) is 6.42 Å². The van der Waals surface area contributed by atoms with Gasteiger partial charge in [-0.05, 0) is 13.3 Å².